The molecular weight excluding hydrogens is 347 g/mol. The Kier molecular flexibility index (Phi) is 5.65. The number of likely N-dealkylation sites (tertiary alicyclic amines) is 1. The van der Waals surface area contributed by atoms with Gasteiger partial charge >= 0.3 is 0 Å². The highest BCUT2D eigenvalue weighted by Crippen LogP contribution is 2.20. The van der Waals surface area contributed by atoms with E-state index in [0.717, 1.165) is 19.4 Å². The summed E-state index contributed by atoms with van der Waals surface area (Å²) in [5.41, 5.74) is 1.02. The van der Waals surface area contributed by atoms with Gasteiger partial charge in [0.2, 0.25) is 0 Å². The fourth-order valence-corrected chi connectivity index (χ4v) is 3.31. The molecule has 1 unspecified atom stereocenters. The Bertz CT molecular complexity index is 750. The van der Waals surface area contributed by atoms with Gasteiger partial charge in [-0.15, -0.1) is 5.10 Å². The fourth-order valence-electron chi connectivity index (χ4n) is 3.08. The number of piperidine rings is 1. The lowest BCUT2D eigenvalue weighted by molar-refractivity contribution is 0.0565. The Morgan fingerprint density at radius 2 is 2.32 bits per heavy atom. The summed E-state index contributed by atoms with van der Waals surface area (Å²) in [6.07, 6.45) is 3.62. The number of carbonyl (C=O) groups is 1. The van der Waals surface area contributed by atoms with E-state index in [1.165, 1.54) is 16.8 Å². The van der Waals surface area contributed by atoms with Gasteiger partial charge in [0.15, 0.2) is 5.69 Å². The zero-order valence-electron chi connectivity index (χ0n) is 14.0. The predicted octanol–water partition coefficient (Wildman–Crippen LogP) is 2.62. The Hall–Kier alpha value is -1.99. The highest BCUT2D eigenvalue weighted by atomic mass is 35.5. The number of benzene rings is 1. The fraction of sp³-hybridized carbons (Fsp3) is 0.471. The Balaban J connectivity index is 1.67. The summed E-state index contributed by atoms with van der Waals surface area (Å²) in [5, 5.41) is 8.29. The molecule has 0 radical (unpaired) electrons. The average Bonchev–Trinajstić information content (AvgIpc) is 3.06. The highest BCUT2D eigenvalue weighted by molar-refractivity contribution is 6.31. The van der Waals surface area contributed by atoms with Gasteiger partial charge < -0.3 is 9.64 Å². The van der Waals surface area contributed by atoms with Crippen molar-refractivity contribution in [1.29, 1.82) is 0 Å². The van der Waals surface area contributed by atoms with Crippen LogP contribution in [0.2, 0.25) is 5.02 Å². The van der Waals surface area contributed by atoms with E-state index in [1.807, 2.05) is 0 Å². The molecule has 0 saturated carbocycles. The van der Waals surface area contributed by atoms with Gasteiger partial charge in [0.1, 0.15) is 5.82 Å². The number of nitrogens with zero attached hydrogens (tertiary/aromatic N) is 4. The van der Waals surface area contributed by atoms with Gasteiger partial charge in [-0.05, 0) is 36.5 Å². The first kappa shape index (κ1) is 17.8. The molecule has 1 saturated heterocycles. The molecule has 2 aromatic rings. The number of hydrogen-bond acceptors (Lipinski definition) is 4. The molecule has 134 valence electrons. The van der Waals surface area contributed by atoms with Gasteiger partial charge in [-0.25, -0.2) is 9.07 Å². The van der Waals surface area contributed by atoms with Crippen LogP contribution >= 0.6 is 11.6 Å². The number of halogens is 2. The van der Waals surface area contributed by atoms with Crippen LogP contribution in [0.15, 0.2) is 24.4 Å². The standard InChI is InChI=1S/C17H20ClFN4O2/c1-25-11-12-3-2-6-22(8-12)17(24)16-10-23(21-20-16)9-13-4-5-14(19)7-15(13)18/h4-5,7,10,12H,2-3,6,8-9,11H2,1H3. The van der Waals surface area contributed by atoms with E-state index in [9.17, 15) is 9.18 Å². The summed E-state index contributed by atoms with van der Waals surface area (Å²) in [7, 11) is 1.67. The molecule has 0 aliphatic carbocycles. The van der Waals surface area contributed by atoms with Crippen molar-refractivity contribution in [1.82, 2.24) is 19.9 Å². The van der Waals surface area contributed by atoms with E-state index in [1.54, 1.807) is 24.3 Å². The van der Waals surface area contributed by atoms with Crippen molar-refractivity contribution >= 4 is 17.5 Å². The molecule has 0 spiro atoms. The first-order valence-electron chi connectivity index (χ1n) is 8.19. The van der Waals surface area contributed by atoms with Crippen LogP contribution in [-0.4, -0.2) is 52.6 Å². The third-order valence-electron chi connectivity index (χ3n) is 4.31. The molecule has 1 atom stereocenters. The predicted molar refractivity (Wildman–Crippen MR) is 91.0 cm³/mol. The molecule has 1 aliphatic heterocycles. The number of carbonyl (C=O) groups excluding carboxylic acids is 1. The van der Waals surface area contributed by atoms with E-state index >= 15 is 0 Å². The van der Waals surface area contributed by atoms with Crippen molar-refractivity contribution in [3.8, 4) is 0 Å². The quantitative estimate of drug-likeness (QED) is 0.816. The SMILES string of the molecule is COCC1CCCN(C(=O)c2cn(Cc3ccc(F)cc3Cl)nn2)C1. The largest absolute Gasteiger partial charge is 0.384 e. The lowest BCUT2D eigenvalue weighted by atomic mass is 9.99. The van der Waals surface area contributed by atoms with E-state index in [4.69, 9.17) is 16.3 Å². The molecule has 0 bridgehead atoms. The van der Waals surface area contributed by atoms with E-state index in [0.29, 0.717) is 41.9 Å². The number of methoxy groups -OCH3 is 1. The Morgan fingerprint density at radius 3 is 3.08 bits per heavy atom. The van der Waals surface area contributed by atoms with E-state index in [2.05, 4.69) is 10.3 Å². The van der Waals surface area contributed by atoms with Crippen LogP contribution in [0.4, 0.5) is 4.39 Å². The molecule has 1 aliphatic rings. The molecule has 1 amide bonds. The molecular formula is C17H20ClFN4O2. The number of aromatic nitrogens is 3. The zero-order chi connectivity index (χ0) is 17.8. The Labute approximate surface area is 150 Å². The second-order valence-corrected chi connectivity index (χ2v) is 6.66. The van der Waals surface area contributed by atoms with E-state index < -0.39 is 0 Å². The van der Waals surface area contributed by atoms with Crippen molar-refractivity contribution in [3.05, 3.63) is 46.5 Å². The van der Waals surface area contributed by atoms with Gasteiger partial charge in [-0.1, -0.05) is 22.9 Å². The number of rotatable bonds is 5. The summed E-state index contributed by atoms with van der Waals surface area (Å²) >= 11 is 6.03. The molecule has 2 heterocycles. The van der Waals surface area contributed by atoms with Crippen LogP contribution in [-0.2, 0) is 11.3 Å². The maximum absolute atomic E-state index is 13.1. The third-order valence-corrected chi connectivity index (χ3v) is 4.67. The third kappa shape index (κ3) is 4.35. The lowest BCUT2D eigenvalue weighted by Gasteiger charge is -2.31. The van der Waals surface area contributed by atoms with Crippen LogP contribution in [0.1, 0.15) is 28.9 Å². The van der Waals surface area contributed by atoms with Crippen molar-refractivity contribution in [2.24, 2.45) is 5.92 Å². The summed E-state index contributed by atoms with van der Waals surface area (Å²) in [6.45, 7) is 2.37. The monoisotopic (exact) mass is 366 g/mol. The van der Waals surface area contributed by atoms with Crippen molar-refractivity contribution in [3.63, 3.8) is 0 Å². The summed E-state index contributed by atoms with van der Waals surface area (Å²) < 4.78 is 19.8. The van der Waals surface area contributed by atoms with Crippen LogP contribution in [0, 0.1) is 11.7 Å². The van der Waals surface area contributed by atoms with E-state index in [-0.39, 0.29) is 11.7 Å². The van der Waals surface area contributed by atoms with Crippen molar-refractivity contribution < 1.29 is 13.9 Å². The van der Waals surface area contributed by atoms with Crippen molar-refractivity contribution in [2.45, 2.75) is 19.4 Å². The smallest absolute Gasteiger partial charge is 0.276 e. The maximum atomic E-state index is 13.1. The minimum absolute atomic E-state index is 0.128. The topological polar surface area (TPSA) is 60.2 Å². The van der Waals surface area contributed by atoms with Crippen LogP contribution in [0.3, 0.4) is 0 Å². The van der Waals surface area contributed by atoms with Crippen LogP contribution in [0.5, 0.6) is 0 Å². The zero-order valence-corrected chi connectivity index (χ0v) is 14.7. The first-order chi connectivity index (χ1) is 12.1. The molecule has 1 fully saturated rings. The molecule has 6 nitrogen and oxygen atoms in total. The molecule has 0 N–H and O–H groups in total. The number of hydrogen-bond donors (Lipinski definition) is 0. The minimum Gasteiger partial charge on any atom is -0.384 e. The summed E-state index contributed by atoms with van der Waals surface area (Å²) in [5.74, 6) is -0.160. The second kappa shape index (κ2) is 7.93. The average molecular weight is 367 g/mol. The first-order valence-corrected chi connectivity index (χ1v) is 8.57. The molecule has 3 rings (SSSR count). The lowest BCUT2D eigenvalue weighted by Crippen LogP contribution is -2.41. The number of amides is 1. The highest BCUT2D eigenvalue weighted by Gasteiger charge is 2.26. The van der Waals surface area contributed by atoms with Gasteiger partial charge in [-0.3, -0.25) is 4.79 Å². The molecule has 1 aromatic heterocycles. The number of ether oxygens (including phenoxy) is 1. The maximum Gasteiger partial charge on any atom is 0.276 e. The van der Waals surface area contributed by atoms with Crippen LogP contribution < -0.4 is 0 Å². The van der Waals surface area contributed by atoms with Crippen LogP contribution in [0.25, 0.3) is 0 Å². The molecule has 25 heavy (non-hydrogen) atoms. The molecule has 1 aromatic carbocycles. The minimum atomic E-state index is -0.390. The molecule has 8 heteroatoms. The normalized spacial score (nSPS) is 17.7. The van der Waals surface area contributed by atoms with Gasteiger partial charge in [0.25, 0.3) is 5.91 Å². The summed E-state index contributed by atoms with van der Waals surface area (Å²) in [4.78, 5) is 14.4. The second-order valence-electron chi connectivity index (χ2n) is 6.25. The Morgan fingerprint density at radius 1 is 1.48 bits per heavy atom. The van der Waals surface area contributed by atoms with Gasteiger partial charge in [-0.2, -0.15) is 0 Å². The van der Waals surface area contributed by atoms with Gasteiger partial charge in [0, 0.05) is 25.2 Å². The van der Waals surface area contributed by atoms with Gasteiger partial charge in [0.05, 0.1) is 19.3 Å². The van der Waals surface area contributed by atoms with Crippen molar-refractivity contribution in [2.75, 3.05) is 26.8 Å². The summed E-state index contributed by atoms with van der Waals surface area (Å²) in [6, 6.07) is 4.19.